The summed E-state index contributed by atoms with van der Waals surface area (Å²) in [7, 11) is 0. The number of ether oxygens (including phenoxy) is 1. The molecule has 0 saturated carbocycles. The van der Waals surface area contributed by atoms with Crippen LogP contribution < -0.4 is 10.1 Å². The molecule has 0 heterocycles. The maximum absolute atomic E-state index is 11.8. The fraction of sp³-hybridized carbons (Fsp3) is 0.188. The Bertz CT molecular complexity index is 581. The highest BCUT2D eigenvalue weighted by Gasteiger charge is 2.05. The van der Waals surface area contributed by atoms with Crippen LogP contribution in [0.15, 0.2) is 53.0 Å². The third-order valence-corrected chi connectivity index (χ3v) is 3.54. The molecule has 4 heteroatoms. The number of rotatable bonds is 5. The number of hydrogen-bond acceptors (Lipinski definition) is 2. The predicted octanol–water partition coefficient (Wildman–Crippen LogP) is 4.03. The lowest BCUT2D eigenvalue weighted by molar-refractivity contribution is -0.118. The molecule has 20 heavy (non-hydrogen) atoms. The maximum atomic E-state index is 11.8. The van der Waals surface area contributed by atoms with Crippen LogP contribution in [0.25, 0.3) is 0 Å². The molecule has 0 radical (unpaired) electrons. The van der Waals surface area contributed by atoms with Crippen LogP contribution in [0.3, 0.4) is 0 Å². The molecule has 0 unspecified atom stereocenters. The normalized spacial score (nSPS) is 10.1. The molecule has 0 spiro atoms. The second kappa shape index (κ2) is 7.10. The zero-order valence-corrected chi connectivity index (χ0v) is 12.8. The Morgan fingerprint density at radius 2 is 1.85 bits per heavy atom. The summed E-state index contributed by atoms with van der Waals surface area (Å²) >= 11 is 3.38. The smallest absolute Gasteiger partial charge is 0.262 e. The van der Waals surface area contributed by atoms with Gasteiger partial charge in [0.1, 0.15) is 5.75 Å². The minimum absolute atomic E-state index is 0.00714. The zero-order chi connectivity index (χ0) is 14.4. The van der Waals surface area contributed by atoms with Gasteiger partial charge in [-0.1, -0.05) is 31.2 Å². The standard InChI is InChI=1S/C16H16BrNO2/c1-2-12-7-9-13(10-8-12)20-11-16(19)18-15-6-4-3-5-14(15)17/h3-10H,2,11H2,1H3,(H,18,19). The highest BCUT2D eigenvalue weighted by molar-refractivity contribution is 9.10. The average Bonchev–Trinajstić information content (AvgIpc) is 2.48. The zero-order valence-electron chi connectivity index (χ0n) is 11.2. The first kappa shape index (κ1) is 14.6. The molecule has 1 amide bonds. The van der Waals surface area contributed by atoms with Gasteiger partial charge in [0.05, 0.1) is 5.69 Å². The van der Waals surface area contributed by atoms with Crippen LogP contribution in [-0.4, -0.2) is 12.5 Å². The number of nitrogens with one attached hydrogen (secondary N) is 1. The van der Waals surface area contributed by atoms with E-state index in [1.807, 2.05) is 48.5 Å². The third kappa shape index (κ3) is 4.10. The maximum Gasteiger partial charge on any atom is 0.262 e. The van der Waals surface area contributed by atoms with Crippen LogP contribution in [0, 0.1) is 0 Å². The number of para-hydroxylation sites is 1. The van der Waals surface area contributed by atoms with Crippen LogP contribution in [0.2, 0.25) is 0 Å². The molecule has 0 aliphatic heterocycles. The van der Waals surface area contributed by atoms with Crippen molar-refractivity contribution in [2.24, 2.45) is 0 Å². The van der Waals surface area contributed by atoms with E-state index in [9.17, 15) is 4.79 Å². The molecule has 3 nitrogen and oxygen atoms in total. The van der Waals surface area contributed by atoms with Crippen LogP contribution in [-0.2, 0) is 11.2 Å². The SMILES string of the molecule is CCc1ccc(OCC(=O)Nc2ccccc2Br)cc1. The van der Waals surface area contributed by atoms with Crippen molar-refractivity contribution in [3.63, 3.8) is 0 Å². The van der Waals surface area contributed by atoms with E-state index < -0.39 is 0 Å². The van der Waals surface area contributed by atoms with E-state index in [0.717, 1.165) is 16.6 Å². The van der Waals surface area contributed by atoms with Crippen LogP contribution in [0.1, 0.15) is 12.5 Å². The molecule has 0 aliphatic carbocycles. The highest BCUT2D eigenvalue weighted by atomic mass is 79.9. The molecule has 0 atom stereocenters. The summed E-state index contributed by atoms with van der Waals surface area (Å²) in [6, 6.07) is 15.2. The molecular formula is C16H16BrNO2. The van der Waals surface area contributed by atoms with Crippen molar-refractivity contribution in [1.82, 2.24) is 0 Å². The Kier molecular flexibility index (Phi) is 5.18. The van der Waals surface area contributed by atoms with Crippen molar-refractivity contribution in [3.05, 3.63) is 58.6 Å². The average molecular weight is 334 g/mol. The van der Waals surface area contributed by atoms with Crippen molar-refractivity contribution >= 4 is 27.5 Å². The Labute approximate surface area is 127 Å². The molecule has 104 valence electrons. The number of hydrogen-bond donors (Lipinski definition) is 1. The van der Waals surface area contributed by atoms with Crippen LogP contribution in [0.4, 0.5) is 5.69 Å². The van der Waals surface area contributed by atoms with Crippen molar-refractivity contribution in [3.8, 4) is 5.75 Å². The van der Waals surface area contributed by atoms with Crippen molar-refractivity contribution < 1.29 is 9.53 Å². The van der Waals surface area contributed by atoms with Gasteiger partial charge in [0.15, 0.2) is 6.61 Å². The van der Waals surface area contributed by atoms with E-state index in [1.54, 1.807) is 0 Å². The van der Waals surface area contributed by atoms with E-state index in [2.05, 4.69) is 28.2 Å². The van der Waals surface area contributed by atoms with Crippen molar-refractivity contribution in [1.29, 1.82) is 0 Å². The third-order valence-electron chi connectivity index (χ3n) is 2.85. The lowest BCUT2D eigenvalue weighted by Crippen LogP contribution is -2.20. The number of aryl methyl sites for hydroxylation is 1. The van der Waals surface area contributed by atoms with Crippen LogP contribution in [0.5, 0.6) is 5.75 Å². The molecule has 0 bridgehead atoms. The molecule has 2 aromatic carbocycles. The Hall–Kier alpha value is -1.81. The fourth-order valence-corrected chi connectivity index (χ4v) is 2.10. The summed E-state index contributed by atoms with van der Waals surface area (Å²) < 4.78 is 6.30. The number of anilines is 1. The topological polar surface area (TPSA) is 38.3 Å². The first-order valence-corrected chi connectivity index (χ1v) is 7.24. The second-order valence-corrected chi connectivity index (χ2v) is 5.17. The van der Waals surface area contributed by atoms with Gasteiger partial charge >= 0.3 is 0 Å². The second-order valence-electron chi connectivity index (χ2n) is 4.31. The van der Waals surface area contributed by atoms with Crippen molar-refractivity contribution in [2.75, 3.05) is 11.9 Å². The largest absolute Gasteiger partial charge is 0.484 e. The van der Waals surface area contributed by atoms with Gasteiger partial charge in [-0.25, -0.2) is 0 Å². The summed E-state index contributed by atoms with van der Waals surface area (Å²) in [5.41, 5.74) is 1.98. The quantitative estimate of drug-likeness (QED) is 0.897. The fourth-order valence-electron chi connectivity index (χ4n) is 1.72. The van der Waals surface area contributed by atoms with Gasteiger partial charge in [-0.3, -0.25) is 4.79 Å². The number of benzene rings is 2. The predicted molar refractivity (Wildman–Crippen MR) is 84.1 cm³/mol. The van der Waals surface area contributed by atoms with Gasteiger partial charge in [0.25, 0.3) is 5.91 Å². The summed E-state index contributed by atoms with van der Waals surface area (Å²) in [4.78, 5) is 11.8. The van der Waals surface area contributed by atoms with Gasteiger partial charge in [-0.2, -0.15) is 0 Å². The Morgan fingerprint density at radius 1 is 1.15 bits per heavy atom. The highest BCUT2D eigenvalue weighted by Crippen LogP contribution is 2.21. The van der Waals surface area contributed by atoms with E-state index >= 15 is 0 Å². The molecule has 2 rings (SSSR count). The van der Waals surface area contributed by atoms with Gasteiger partial charge < -0.3 is 10.1 Å². The molecule has 0 fully saturated rings. The van der Waals surface area contributed by atoms with Crippen molar-refractivity contribution in [2.45, 2.75) is 13.3 Å². The monoisotopic (exact) mass is 333 g/mol. The lowest BCUT2D eigenvalue weighted by atomic mass is 10.2. The Morgan fingerprint density at radius 3 is 2.50 bits per heavy atom. The van der Waals surface area contributed by atoms with E-state index in [-0.39, 0.29) is 12.5 Å². The number of carbonyl (C=O) groups excluding carboxylic acids is 1. The van der Waals surface area contributed by atoms with Gasteiger partial charge in [0, 0.05) is 4.47 Å². The molecule has 2 aromatic rings. The first-order chi connectivity index (χ1) is 9.69. The molecule has 0 aliphatic rings. The summed E-state index contributed by atoms with van der Waals surface area (Å²) in [5.74, 6) is 0.515. The summed E-state index contributed by atoms with van der Waals surface area (Å²) in [6.07, 6.45) is 0.989. The summed E-state index contributed by atoms with van der Waals surface area (Å²) in [5, 5.41) is 2.79. The van der Waals surface area contributed by atoms with E-state index in [1.165, 1.54) is 5.56 Å². The Balaban J connectivity index is 1.87. The van der Waals surface area contributed by atoms with Gasteiger partial charge in [-0.15, -0.1) is 0 Å². The van der Waals surface area contributed by atoms with E-state index in [4.69, 9.17) is 4.74 Å². The first-order valence-electron chi connectivity index (χ1n) is 6.45. The number of halogens is 1. The minimum Gasteiger partial charge on any atom is -0.484 e. The molecule has 0 saturated heterocycles. The number of amides is 1. The van der Waals surface area contributed by atoms with Crippen LogP contribution >= 0.6 is 15.9 Å². The summed E-state index contributed by atoms with van der Waals surface area (Å²) in [6.45, 7) is 2.09. The van der Waals surface area contributed by atoms with E-state index in [0.29, 0.717) is 5.75 Å². The molecule has 1 N–H and O–H groups in total. The van der Waals surface area contributed by atoms with Gasteiger partial charge in [-0.05, 0) is 52.2 Å². The molecule has 0 aromatic heterocycles. The minimum atomic E-state index is -0.184. The molecular weight excluding hydrogens is 318 g/mol. The van der Waals surface area contributed by atoms with Gasteiger partial charge in [0.2, 0.25) is 0 Å². The number of carbonyl (C=O) groups is 1. The lowest BCUT2D eigenvalue weighted by Gasteiger charge is -2.09.